The second-order valence-electron chi connectivity index (χ2n) is 3.20. The Kier molecular flexibility index (Phi) is 4.50. The van der Waals surface area contributed by atoms with E-state index in [1.165, 1.54) is 6.20 Å². The average molecular weight is 225 g/mol. The van der Waals surface area contributed by atoms with Gasteiger partial charge < -0.3 is 14.6 Å². The highest BCUT2D eigenvalue weighted by Gasteiger charge is 2.09. The zero-order valence-corrected chi connectivity index (χ0v) is 9.40. The van der Waals surface area contributed by atoms with E-state index in [0.29, 0.717) is 12.3 Å². The number of ether oxygens (including phenoxy) is 1. The lowest BCUT2D eigenvalue weighted by atomic mass is 10.4. The topological polar surface area (TPSA) is 73.2 Å². The van der Waals surface area contributed by atoms with Crippen LogP contribution < -0.4 is 5.32 Å². The largest absolute Gasteiger partial charge is 0.466 e. The molecule has 16 heavy (non-hydrogen) atoms. The van der Waals surface area contributed by atoms with Gasteiger partial charge in [0, 0.05) is 13.6 Å². The Morgan fingerprint density at radius 1 is 1.56 bits per heavy atom. The first-order chi connectivity index (χ1) is 7.65. The van der Waals surface area contributed by atoms with E-state index in [1.807, 2.05) is 0 Å². The van der Waals surface area contributed by atoms with Gasteiger partial charge in [0.15, 0.2) is 0 Å². The molecular formula is C10H15N3O3. The van der Waals surface area contributed by atoms with Crippen molar-refractivity contribution in [1.82, 2.24) is 14.9 Å². The molecule has 0 aromatic carbocycles. The van der Waals surface area contributed by atoms with Gasteiger partial charge in [-0.15, -0.1) is 0 Å². The molecule has 0 fully saturated rings. The highest BCUT2D eigenvalue weighted by atomic mass is 16.5. The second kappa shape index (κ2) is 5.89. The summed E-state index contributed by atoms with van der Waals surface area (Å²) < 4.78 is 6.34. The van der Waals surface area contributed by atoms with Gasteiger partial charge in [-0.3, -0.25) is 9.59 Å². The van der Waals surface area contributed by atoms with Crippen molar-refractivity contribution < 1.29 is 14.3 Å². The van der Waals surface area contributed by atoms with E-state index in [-0.39, 0.29) is 24.8 Å². The SMILES string of the molecule is CCOC(=O)CCNC(=O)c1cncn1C. The number of nitrogens with one attached hydrogen (secondary N) is 1. The van der Waals surface area contributed by atoms with Crippen LogP contribution in [-0.4, -0.2) is 34.6 Å². The first-order valence-corrected chi connectivity index (χ1v) is 5.05. The fraction of sp³-hybridized carbons (Fsp3) is 0.500. The molecule has 6 nitrogen and oxygen atoms in total. The minimum absolute atomic E-state index is 0.178. The van der Waals surface area contributed by atoms with Gasteiger partial charge in [-0.2, -0.15) is 0 Å². The van der Waals surface area contributed by atoms with Crippen LogP contribution in [0.15, 0.2) is 12.5 Å². The maximum absolute atomic E-state index is 11.5. The van der Waals surface area contributed by atoms with Crippen LogP contribution in [0.2, 0.25) is 0 Å². The normalized spacial score (nSPS) is 9.88. The summed E-state index contributed by atoms with van der Waals surface area (Å²) in [5.41, 5.74) is 0.462. The summed E-state index contributed by atoms with van der Waals surface area (Å²) >= 11 is 0. The summed E-state index contributed by atoms with van der Waals surface area (Å²) in [7, 11) is 1.73. The van der Waals surface area contributed by atoms with Gasteiger partial charge in [-0.05, 0) is 6.92 Å². The number of esters is 1. The number of imidazole rings is 1. The van der Waals surface area contributed by atoms with Gasteiger partial charge in [0.1, 0.15) is 5.69 Å². The molecule has 0 saturated carbocycles. The quantitative estimate of drug-likeness (QED) is 0.721. The van der Waals surface area contributed by atoms with Gasteiger partial charge in [-0.25, -0.2) is 4.98 Å². The Morgan fingerprint density at radius 2 is 2.31 bits per heavy atom. The Balaban J connectivity index is 2.31. The average Bonchev–Trinajstić information content (AvgIpc) is 2.64. The number of carbonyl (C=O) groups excluding carboxylic acids is 2. The molecule has 0 radical (unpaired) electrons. The lowest BCUT2D eigenvalue weighted by Gasteiger charge is -2.05. The van der Waals surface area contributed by atoms with Crippen molar-refractivity contribution >= 4 is 11.9 Å². The molecule has 1 heterocycles. The molecule has 0 spiro atoms. The van der Waals surface area contributed by atoms with E-state index < -0.39 is 0 Å². The number of carbonyl (C=O) groups is 2. The van der Waals surface area contributed by atoms with Crippen molar-refractivity contribution in [2.24, 2.45) is 7.05 Å². The van der Waals surface area contributed by atoms with Crippen LogP contribution in [0.1, 0.15) is 23.8 Å². The third-order valence-corrected chi connectivity index (χ3v) is 1.97. The summed E-state index contributed by atoms with van der Waals surface area (Å²) in [6.45, 7) is 2.36. The maximum atomic E-state index is 11.5. The highest BCUT2D eigenvalue weighted by molar-refractivity contribution is 5.92. The van der Waals surface area contributed by atoms with E-state index in [9.17, 15) is 9.59 Å². The van der Waals surface area contributed by atoms with Crippen molar-refractivity contribution in [2.75, 3.05) is 13.2 Å². The molecule has 1 aromatic rings. The smallest absolute Gasteiger partial charge is 0.307 e. The van der Waals surface area contributed by atoms with Crippen LogP contribution in [-0.2, 0) is 16.6 Å². The molecule has 1 amide bonds. The summed E-state index contributed by atoms with van der Waals surface area (Å²) in [6, 6.07) is 0. The second-order valence-corrected chi connectivity index (χ2v) is 3.20. The van der Waals surface area contributed by atoms with Gasteiger partial charge in [0.25, 0.3) is 5.91 Å². The fourth-order valence-corrected chi connectivity index (χ4v) is 1.18. The van der Waals surface area contributed by atoms with E-state index in [1.54, 1.807) is 24.9 Å². The van der Waals surface area contributed by atoms with E-state index in [4.69, 9.17) is 4.74 Å². The molecule has 1 rings (SSSR count). The zero-order chi connectivity index (χ0) is 12.0. The molecule has 6 heteroatoms. The Hall–Kier alpha value is -1.85. The molecule has 88 valence electrons. The first kappa shape index (κ1) is 12.2. The number of nitrogens with zero attached hydrogens (tertiary/aromatic N) is 2. The van der Waals surface area contributed by atoms with Crippen molar-refractivity contribution in [3.63, 3.8) is 0 Å². The number of hydrogen-bond donors (Lipinski definition) is 1. The summed E-state index contributed by atoms with van der Waals surface area (Å²) in [5.74, 6) is -0.558. The van der Waals surface area contributed by atoms with E-state index >= 15 is 0 Å². The molecule has 0 bridgehead atoms. The lowest BCUT2D eigenvalue weighted by Crippen LogP contribution is -2.28. The predicted octanol–water partition coefficient (Wildman–Crippen LogP) is 0.103. The molecule has 1 N–H and O–H groups in total. The van der Waals surface area contributed by atoms with Crippen molar-refractivity contribution in [3.05, 3.63) is 18.2 Å². The Labute approximate surface area is 93.6 Å². The standard InChI is InChI=1S/C10H15N3O3/c1-3-16-9(14)4-5-12-10(15)8-6-11-7-13(8)2/h6-7H,3-5H2,1-2H3,(H,12,15). The highest BCUT2D eigenvalue weighted by Crippen LogP contribution is 1.95. The molecule has 0 aliphatic heterocycles. The van der Waals surface area contributed by atoms with Crippen molar-refractivity contribution in [1.29, 1.82) is 0 Å². The van der Waals surface area contributed by atoms with Gasteiger partial charge in [0.2, 0.25) is 0 Å². The molecule has 1 aromatic heterocycles. The monoisotopic (exact) mass is 225 g/mol. The molecule has 0 atom stereocenters. The van der Waals surface area contributed by atoms with Crippen molar-refractivity contribution in [2.45, 2.75) is 13.3 Å². The predicted molar refractivity (Wildman–Crippen MR) is 56.8 cm³/mol. The van der Waals surface area contributed by atoms with Crippen LogP contribution in [0, 0.1) is 0 Å². The third-order valence-electron chi connectivity index (χ3n) is 1.97. The zero-order valence-electron chi connectivity index (χ0n) is 9.40. The maximum Gasteiger partial charge on any atom is 0.307 e. The van der Waals surface area contributed by atoms with Crippen LogP contribution >= 0.6 is 0 Å². The summed E-state index contributed by atoms with van der Waals surface area (Å²) in [5, 5.41) is 2.61. The Bertz CT molecular complexity index is 373. The summed E-state index contributed by atoms with van der Waals surface area (Å²) in [6.07, 6.45) is 3.19. The fourth-order valence-electron chi connectivity index (χ4n) is 1.18. The van der Waals surface area contributed by atoms with Gasteiger partial charge >= 0.3 is 5.97 Å². The van der Waals surface area contributed by atoms with E-state index in [0.717, 1.165) is 0 Å². The van der Waals surface area contributed by atoms with E-state index in [2.05, 4.69) is 10.3 Å². The van der Waals surface area contributed by atoms with Crippen LogP contribution in [0.25, 0.3) is 0 Å². The van der Waals surface area contributed by atoms with Crippen molar-refractivity contribution in [3.8, 4) is 0 Å². The van der Waals surface area contributed by atoms with Crippen LogP contribution in [0.4, 0.5) is 0 Å². The molecule has 0 aliphatic carbocycles. The molecule has 0 unspecified atom stereocenters. The van der Waals surface area contributed by atoms with Crippen LogP contribution in [0.3, 0.4) is 0 Å². The third kappa shape index (κ3) is 3.38. The minimum atomic E-state index is -0.312. The number of amides is 1. The van der Waals surface area contributed by atoms with Crippen LogP contribution in [0.5, 0.6) is 0 Å². The molecular weight excluding hydrogens is 210 g/mol. The number of rotatable bonds is 5. The number of aromatic nitrogens is 2. The number of aryl methyl sites for hydroxylation is 1. The molecule has 0 saturated heterocycles. The van der Waals surface area contributed by atoms with Gasteiger partial charge in [0.05, 0.1) is 25.6 Å². The molecule has 0 aliphatic rings. The Morgan fingerprint density at radius 3 is 2.88 bits per heavy atom. The van der Waals surface area contributed by atoms with Gasteiger partial charge in [-0.1, -0.05) is 0 Å². The summed E-state index contributed by atoms with van der Waals surface area (Å²) in [4.78, 5) is 26.4. The lowest BCUT2D eigenvalue weighted by molar-refractivity contribution is -0.142. The minimum Gasteiger partial charge on any atom is -0.466 e. The first-order valence-electron chi connectivity index (χ1n) is 5.05. The number of hydrogen-bond acceptors (Lipinski definition) is 4.